The summed E-state index contributed by atoms with van der Waals surface area (Å²) >= 11 is 1.42. The first-order valence-electron chi connectivity index (χ1n) is 9.97. The number of thioether (sulfide) groups is 1. The first-order valence-corrected chi connectivity index (χ1v) is 10.9. The lowest BCUT2D eigenvalue weighted by molar-refractivity contribution is -0.131. The number of hydrogen-bond donors (Lipinski definition) is 0. The smallest absolute Gasteiger partial charge is 0.189 e. The Morgan fingerprint density at radius 1 is 1.23 bits per heavy atom. The van der Waals surface area contributed by atoms with Gasteiger partial charge in [-0.3, -0.25) is 14.4 Å². The minimum atomic E-state index is -0.170. The van der Waals surface area contributed by atoms with Gasteiger partial charge in [0.15, 0.2) is 10.9 Å². The molecule has 3 saturated carbocycles. The predicted octanol–water partition coefficient (Wildman–Crippen LogP) is 4.51. The van der Waals surface area contributed by atoms with Gasteiger partial charge in [-0.25, -0.2) is 0 Å². The Labute approximate surface area is 160 Å². The molecule has 0 unspecified atom stereocenters. The number of carbonyl (C=O) groups is 3. The number of rotatable bonds is 2. The standard InChI is InChI=1S/C22H28O3S/c1-4-20(25)26-18-12-14-15-5-6-19(24)22(15,3)10-8-16(14)21(2)9-7-13(23)11-17(18)21/h7,9,11,14-16,18H,4-6,8,10,12H2,1-3H3/t14-,15-,16-,18-,21+,22-/m0/s1. The van der Waals surface area contributed by atoms with Crippen molar-refractivity contribution in [2.24, 2.45) is 28.6 Å². The molecular formula is C22H28O3S. The fraction of sp³-hybridized carbons (Fsp3) is 0.682. The van der Waals surface area contributed by atoms with Crippen LogP contribution < -0.4 is 0 Å². The van der Waals surface area contributed by atoms with E-state index in [-0.39, 0.29) is 27.0 Å². The van der Waals surface area contributed by atoms with Gasteiger partial charge in [-0.2, -0.15) is 0 Å². The molecule has 3 nitrogen and oxygen atoms in total. The molecule has 26 heavy (non-hydrogen) atoms. The van der Waals surface area contributed by atoms with Crippen LogP contribution in [0.3, 0.4) is 0 Å². The van der Waals surface area contributed by atoms with Gasteiger partial charge in [0.1, 0.15) is 5.78 Å². The summed E-state index contributed by atoms with van der Waals surface area (Å²) in [7, 11) is 0. The summed E-state index contributed by atoms with van der Waals surface area (Å²) in [5.41, 5.74) is 0.817. The summed E-state index contributed by atoms with van der Waals surface area (Å²) in [5, 5.41) is 0.264. The van der Waals surface area contributed by atoms with Crippen LogP contribution in [0.4, 0.5) is 0 Å². The van der Waals surface area contributed by atoms with Gasteiger partial charge < -0.3 is 0 Å². The van der Waals surface area contributed by atoms with E-state index in [1.807, 2.05) is 6.92 Å². The van der Waals surface area contributed by atoms with Crippen molar-refractivity contribution in [1.29, 1.82) is 0 Å². The van der Waals surface area contributed by atoms with E-state index in [0.29, 0.717) is 36.4 Å². The van der Waals surface area contributed by atoms with Gasteiger partial charge in [0.2, 0.25) is 0 Å². The van der Waals surface area contributed by atoms with Crippen molar-refractivity contribution in [2.45, 2.75) is 64.5 Å². The van der Waals surface area contributed by atoms with Crippen LogP contribution >= 0.6 is 11.8 Å². The van der Waals surface area contributed by atoms with Gasteiger partial charge in [0.25, 0.3) is 0 Å². The summed E-state index contributed by atoms with van der Waals surface area (Å²) in [4.78, 5) is 36.9. The van der Waals surface area contributed by atoms with Gasteiger partial charge >= 0.3 is 0 Å². The van der Waals surface area contributed by atoms with Gasteiger partial charge in [-0.15, -0.1) is 0 Å². The Morgan fingerprint density at radius 3 is 2.73 bits per heavy atom. The van der Waals surface area contributed by atoms with Crippen LogP contribution in [0.25, 0.3) is 0 Å². The van der Waals surface area contributed by atoms with E-state index >= 15 is 0 Å². The third-order valence-corrected chi connectivity index (χ3v) is 9.11. The Balaban J connectivity index is 1.74. The molecule has 0 N–H and O–H groups in total. The van der Waals surface area contributed by atoms with Crippen LogP contribution in [0.1, 0.15) is 59.3 Å². The highest BCUT2D eigenvalue weighted by molar-refractivity contribution is 8.14. The Morgan fingerprint density at radius 2 is 2.00 bits per heavy atom. The van der Waals surface area contributed by atoms with Crippen LogP contribution in [0, 0.1) is 28.6 Å². The maximum absolute atomic E-state index is 12.6. The van der Waals surface area contributed by atoms with Gasteiger partial charge in [-0.1, -0.05) is 38.6 Å². The van der Waals surface area contributed by atoms with Crippen LogP contribution in [0.15, 0.2) is 23.8 Å². The summed E-state index contributed by atoms with van der Waals surface area (Å²) in [5.74, 6) is 1.84. The fourth-order valence-electron chi connectivity index (χ4n) is 6.35. The molecule has 0 aromatic rings. The van der Waals surface area contributed by atoms with E-state index in [9.17, 15) is 14.4 Å². The fourth-order valence-corrected chi connectivity index (χ4v) is 7.60. The van der Waals surface area contributed by atoms with E-state index in [1.54, 1.807) is 12.2 Å². The second-order valence-corrected chi connectivity index (χ2v) is 10.2. The third-order valence-electron chi connectivity index (χ3n) is 7.83. The summed E-state index contributed by atoms with van der Waals surface area (Å²) in [6.07, 6.45) is 10.8. The molecule has 0 bridgehead atoms. The number of Topliss-reactive ketones (excluding diaryl/α,β-unsaturated/α-hetero) is 1. The minimum absolute atomic E-state index is 0.0437. The molecule has 0 aliphatic heterocycles. The highest BCUT2D eigenvalue weighted by atomic mass is 32.2. The number of fused-ring (bicyclic) bond motifs is 5. The maximum atomic E-state index is 12.6. The van der Waals surface area contributed by atoms with Crippen LogP contribution in [-0.4, -0.2) is 21.9 Å². The van der Waals surface area contributed by atoms with Gasteiger partial charge in [0.05, 0.1) is 0 Å². The van der Waals surface area contributed by atoms with Crippen molar-refractivity contribution in [3.8, 4) is 0 Å². The molecule has 6 atom stereocenters. The Hall–Kier alpha value is -1.16. The largest absolute Gasteiger partial charge is 0.299 e. The van der Waals surface area contributed by atoms with Gasteiger partial charge in [-0.05, 0) is 61.2 Å². The Bertz CT molecular complexity index is 736. The van der Waals surface area contributed by atoms with Crippen molar-refractivity contribution < 1.29 is 14.4 Å². The maximum Gasteiger partial charge on any atom is 0.189 e. The monoisotopic (exact) mass is 372 g/mol. The number of carbonyl (C=O) groups excluding carboxylic acids is 3. The zero-order valence-electron chi connectivity index (χ0n) is 15.9. The van der Waals surface area contributed by atoms with Crippen LogP contribution in [0.5, 0.6) is 0 Å². The van der Waals surface area contributed by atoms with Crippen LogP contribution in [0.2, 0.25) is 0 Å². The van der Waals surface area contributed by atoms with E-state index in [2.05, 4.69) is 19.9 Å². The zero-order valence-corrected chi connectivity index (χ0v) is 16.7. The molecular weight excluding hydrogens is 344 g/mol. The molecule has 0 radical (unpaired) electrons. The SMILES string of the molecule is CCC(=O)S[C@H]1C[C@@H]2[C@H](CC[C@]3(C)C(=O)CC[C@@H]23)[C@@]2(C)C=CC(=O)C=C12. The van der Waals surface area contributed by atoms with Crippen molar-refractivity contribution in [2.75, 3.05) is 0 Å². The molecule has 4 heteroatoms. The predicted molar refractivity (Wildman–Crippen MR) is 104 cm³/mol. The molecule has 0 spiro atoms. The molecule has 0 aromatic heterocycles. The van der Waals surface area contributed by atoms with Crippen molar-refractivity contribution in [3.05, 3.63) is 23.8 Å². The topological polar surface area (TPSA) is 51.2 Å². The molecule has 0 amide bonds. The lowest BCUT2D eigenvalue weighted by Crippen LogP contribution is -2.52. The molecule has 0 saturated heterocycles. The van der Waals surface area contributed by atoms with Crippen molar-refractivity contribution in [3.63, 3.8) is 0 Å². The zero-order chi connectivity index (χ0) is 18.7. The summed E-state index contributed by atoms with van der Waals surface area (Å²) in [6, 6.07) is 0. The third kappa shape index (κ3) is 2.51. The molecule has 3 fully saturated rings. The normalized spacial score (nSPS) is 44.2. The highest BCUT2D eigenvalue weighted by Gasteiger charge is 2.60. The Kier molecular flexibility index (Phi) is 4.33. The van der Waals surface area contributed by atoms with Crippen molar-refractivity contribution >= 4 is 28.4 Å². The first-order chi connectivity index (χ1) is 12.3. The lowest BCUT2D eigenvalue weighted by Gasteiger charge is -2.57. The number of allylic oxidation sites excluding steroid dienone is 3. The average Bonchev–Trinajstić information content (AvgIpc) is 2.91. The molecule has 0 heterocycles. The second-order valence-electron chi connectivity index (χ2n) is 8.98. The lowest BCUT2D eigenvalue weighted by atomic mass is 9.48. The van der Waals surface area contributed by atoms with E-state index in [4.69, 9.17) is 0 Å². The highest BCUT2D eigenvalue weighted by Crippen LogP contribution is 2.64. The first kappa shape index (κ1) is 18.2. The number of hydrogen-bond acceptors (Lipinski definition) is 4. The van der Waals surface area contributed by atoms with Crippen molar-refractivity contribution in [1.82, 2.24) is 0 Å². The molecule has 140 valence electrons. The van der Waals surface area contributed by atoms with Gasteiger partial charge in [0, 0.05) is 28.9 Å². The summed E-state index contributed by atoms with van der Waals surface area (Å²) < 4.78 is 0. The molecule has 4 aliphatic rings. The average molecular weight is 373 g/mol. The van der Waals surface area contributed by atoms with Crippen LogP contribution in [-0.2, 0) is 14.4 Å². The molecule has 0 aromatic carbocycles. The van der Waals surface area contributed by atoms with E-state index < -0.39 is 0 Å². The summed E-state index contributed by atoms with van der Waals surface area (Å²) in [6.45, 7) is 6.33. The second kappa shape index (κ2) is 6.19. The van der Waals surface area contributed by atoms with E-state index in [0.717, 1.165) is 31.3 Å². The quantitative estimate of drug-likeness (QED) is 0.715. The van der Waals surface area contributed by atoms with E-state index in [1.165, 1.54) is 11.8 Å². The molecule has 4 aliphatic carbocycles. The number of ketones is 2. The minimum Gasteiger partial charge on any atom is -0.299 e. The molecule has 4 rings (SSSR count).